The summed E-state index contributed by atoms with van der Waals surface area (Å²) in [6.45, 7) is 9.40. The Hall–Kier alpha value is -0.120. The van der Waals surface area contributed by atoms with Gasteiger partial charge in [0.05, 0.1) is 6.10 Å². The molecular weight excluding hydrogens is 248 g/mol. The highest BCUT2D eigenvalue weighted by atomic mass is 16.5. The molecule has 1 N–H and O–H groups in total. The van der Waals surface area contributed by atoms with Crippen molar-refractivity contribution in [3.63, 3.8) is 0 Å². The van der Waals surface area contributed by atoms with Gasteiger partial charge in [-0.3, -0.25) is 4.90 Å². The summed E-state index contributed by atoms with van der Waals surface area (Å²) >= 11 is 0. The van der Waals surface area contributed by atoms with Crippen molar-refractivity contribution in [2.24, 2.45) is 5.92 Å². The quantitative estimate of drug-likeness (QED) is 0.839. The Morgan fingerprint density at radius 3 is 2.75 bits per heavy atom. The Balaban J connectivity index is 1.97. The lowest BCUT2D eigenvalue weighted by atomic mass is 9.88. The van der Waals surface area contributed by atoms with Crippen molar-refractivity contribution in [3.8, 4) is 0 Å². The second kappa shape index (κ2) is 7.77. The number of nitrogens with one attached hydrogen (secondary N) is 1. The largest absolute Gasteiger partial charge is 0.381 e. The molecule has 0 aromatic heterocycles. The van der Waals surface area contributed by atoms with Crippen molar-refractivity contribution in [1.82, 2.24) is 10.2 Å². The normalized spacial score (nSPS) is 36.5. The summed E-state index contributed by atoms with van der Waals surface area (Å²) in [5.41, 5.74) is 0. The van der Waals surface area contributed by atoms with E-state index in [1.54, 1.807) is 0 Å². The van der Waals surface area contributed by atoms with Crippen LogP contribution in [0.4, 0.5) is 0 Å². The lowest BCUT2D eigenvalue weighted by Crippen LogP contribution is -2.60. The van der Waals surface area contributed by atoms with Crippen LogP contribution >= 0.6 is 0 Å². The molecule has 0 amide bonds. The van der Waals surface area contributed by atoms with Crippen molar-refractivity contribution < 1.29 is 4.74 Å². The molecule has 1 aliphatic carbocycles. The first-order valence-corrected chi connectivity index (χ1v) is 8.65. The van der Waals surface area contributed by atoms with Gasteiger partial charge < -0.3 is 10.1 Å². The van der Waals surface area contributed by atoms with Crippen LogP contribution in [0.3, 0.4) is 0 Å². The maximum Gasteiger partial charge on any atom is 0.0586 e. The van der Waals surface area contributed by atoms with Gasteiger partial charge in [-0.1, -0.05) is 20.8 Å². The first-order valence-electron chi connectivity index (χ1n) is 8.65. The van der Waals surface area contributed by atoms with Crippen molar-refractivity contribution in [2.45, 2.75) is 83.5 Å². The van der Waals surface area contributed by atoms with Crippen LogP contribution in [0.1, 0.15) is 59.3 Å². The Labute approximate surface area is 125 Å². The maximum atomic E-state index is 5.63. The maximum absolute atomic E-state index is 5.63. The molecular formula is C17H34N2O. The Morgan fingerprint density at radius 1 is 1.30 bits per heavy atom. The molecule has 2 fully saturated rings. The van der Waals surface area contributed by atoms with Gasteiger partial charge in [0.15, 0.2) is 0 Å². The number of hydrogen-bond donors (Lipinski definition) is 1. The highest BCUT2D eigenvalue weighted by molar-refractivity contribution is 4.92. The molecule has 1 aliphatic heterocycles. The molecule has 1 heterocycles. The first-order chi connectivity index (χ1) is 9.63. The zero-order valence-electron chi connectivity index (χ0n) is 13.9. The fourth-order valence-electron chi connectivity index (χ4n) is 4.08. The van der Waals surface area contributed by atoms with Gasteiger partial charge in [0.1, 0.15) is 0 Å². The molecule has 2 aliphatic rings. The van der Waals surface area contributed by atoms with E-state index in [0.717, 1.165) is 18.0 Å². The van der Waals surface area contributed by atoms with Gasteiger partial charge in [0.2, 0.25) is 0 Å². The van der Waals surface area contributed by atoms with Crippen molar-refractivity contribution >= 4 is 0 Å². The van der Waals surface area contributed by atoms with E-state index in [1.165, 1.54) is 51.6 Å². The summed E-state index contributed by atoms with van der Waals surface area (Å²) in [6, 6.07) is 2.15. The van der Waals surface area contributed by atoms with Crippen molar-refractivity contribution in [1.29, 1.82) is 0 Å². The predicted octanol–water partition coefficient (Wildman–Crippen LogP) is 3.04. The van der Waals surface area contributed by atoms with Crippen LogP contribution < -0.4 is 5.32 Å². The summed E-state index contributed by atoms with van der Waals surface area (Å²) in [5.74, 6) is 0.783. The van der Waals surface area contributed by atoms with Gasteiger partial charge >= 0.3 is 0 Å². The third-order valence-corrected chi connectivity index (χ3v) is 5.17. The highest BCUT2D eigenvalue weighted by Crippen LogP contribution is 2.28. The smallest absolute Gasteiger partial charge is 0.0586 e. The third-order valence-electron chi connectivity index (χ3n) is 5.17. The Morgan fingerprint density at radius 2 is 2.10 bits per heavy atom. The number of piperazine rings is 1. The van der Waals surface area contributed by atoms with E-state index in [2.05, 4.69) is 31.0 Å². The predicted molar refractivity (Wildman–Crippen MR) is 85.1 cm³/mol. The minimum Gasteiger partial charge on any atom is -0.381 e. The van der Waals surface area contributed by atoms with Crippen LogP contribution in [0.5, 0.6) is 0 Å². The molecule has 3 nitrogen and oxygen atoms in total. The van der Waals surface area contributed by atoms with Crippen molar-refractivity contribution in [2.75, 3.05) is 20.2 Å². The summed E-state index contributed by atoms with van der Waals surface area (Å²) in [6.07, 6.45) is 8.24. The van der Waals surface area contributed by atoms with Crippen LogP contribution in [0.25, 0.3) is 0 Å². The van der Waals surface area contributed by atoms with Gasteiger partial charge in [0.25, 0.3) is 0 Å². The number of ether oxygens (including phenoxy) is 1. The lowest BCUT2D eigenvalue weighted by molar-refractivity contribution is -0.00221. The third kappa shape index (κ3) is 4.19. The van der Waals surface area contributed by atoms with Crippen LogP contribution in [-0.4, -0.2) is 49.3 Å². The fraction of sp³-hybridized carbons (Fsp3) is 1.00. The first kappa shape index (κ1) is 16.3. The minimum absolute atomic E-state index is 0.490. The van der Waals surface area contributed by atoms with Crippen molar-refractivity contribution in [3.05, 3.63) is 0 Å². The molecule has 0 aromatic rings. The molecule has 0 bridgehead atoms. The van der Waals surface area contributed by atoms with E-state index < -0.39 is 0 Å². The lowest BCUT2D eigenvalue weighted by Gasteiger charge is -2.47. The second-order valence-electron chi connectivity index (χ2n) is 7.17. The average molecular weight is 282 g/mol. The summed E-state index contributed by atoms with van der Waals surface area (Å²) < 4.78 is 5.63. The van der Waals surface area contributed by atoms with Gasteiger partial charge in [-0.25, -0.2) is 0 Å². The number of nitrogens with zero attached hydrogens (tertiary/aromatic N) is 1. The van der Waals surface area contributed by atoms with Crippen LogP contribution in [0, 0.1) is 5.92 Å². The zero-order valence-corrected chi connectivity index (χ0v) is 13.9. The Bertz CT molecular complexity index is 282. The van der Waals surface area contributed by atoms with Crippen LogP contribution in [-0.2, 0) is 4.74 Å². The van der Waals surface area contributed by atoms with Crippen LogP contribution in [0.2, 0.25) is 0 Å². The molecule has 4 unspecified atom stereocenters. The average Bonchev–Trinajstić information content (AvgIpc) is 2.46. The number of hydrogen-bond acceptors (Lipinski definition) is 3. The SMILES string of the molecule is CCC1CNC(CC(C)C)CN1C1CCCC(OC)C1. The molecule has 4 atom stereocenters. The zero-order chi connectivity index (χ0) is 14.5. The molecule has 1 saturated carbocycles. The van der Waals surface area contributed by atoms with E-state index in [1.807, 2.05) is 7.11 Å². The van der Waals surface area contributed by atoms with E-state index in [0.29, 0.717) is 12.1 Å². The monoisotopic (exact) mass is 282 g/mol. The summed E-state index contributed by atoms with van der Waals surface area (Å²) in [7, 11) is 1.88. The van der Waals surface area contributed by atoms with Gasteiger partial charge in [-0.05, 0) is 44.4 Å². The van der Waals surface area contributed by atoms with E-state index >= 15 is 0 Å². The molecule has 0 radical (unpaired) electrons. The fourth-order valence-corrected chi connectivity index (χ4v) is 4.08. The van der Waals surface area contributed by atoms with Crippen LogP contribution in [0.15, 0.2) is 0 Å². The molecule has 0 spiro atoms. The van der Waals surface area contributed by atoms with Gasteiger partial charge in [0, 0.05) is 38.3 Å². The summed E-state index contributed by atoms with van der Waals surface area (Å²) in [5, 5.41) is 3.77. The van der Waals surface area contributed by atoms with Gasteiger partial charge in [-0.2, -0.15) is 0 Å². The Kier molecular flexibility index (Phi) is 6.31. The number of rotatable bonds is 5. The molecule has 0 aromatic carbocycles. The topological polar surface area (TPSA) is 24.5 Å². The van der Waals surface area contributed by atoms with E-state index in [4.69, 9.17) is 4.74 Å². The highest BCUT2D eigenvalue weighted by Gasteiger charge is 2.34. The summed E-state index contributed by atoms with van der Waals surface area (Å²) in [4.78, 5) is 2.81. The molecule has 118 valence electrons. The molecule has 1 saturated heterocycles. The minimum atomic E-state index is 0.490. The molecule has 3 heteroatoms. The van der Waals surface area contributed by atoms with E-state index in [9.17, 15) is 0 Å². The van der Waals surface area contributed by atoms with E-state index in [-0.39, 0.29) is 0 Å². The standard InChI is InChI=1S/C17H34N2O/c1-5-15-11-18-14(9-13(2)3)12-19(15)16-7-6-8-17(10-16)20-4/h13-18H,5-12H2,1-4H3. The molecule has 2 rings (SSSR count). The number of methoxy groups -OCH3 is 1. The van der Waals surface area contributed by atoms with Gasteiger partial charge in [-0.15, -0.1) is 0 Å². The second-order valence-corrected chi connectivity index (χ2v) is 7.17. The molecule has 20 heavy (non-hydrogen) atoms.